The maximum atomic E-state index is 13.4. The summed E-state index contributed by atoms with van der Waals surface area (Å²) in [7, 11) is 0. The number of pyridine rings is 2. The molecule has 0 aliphatic carbocycles. The summed E-state index contributed by atoms with van der Waals surface area (Å²) in [6.45, 7) is 4.05. The molecule has 22 rings (SSSR count). The van der Waals surface area contributed by atoms with E-state index in [0.717, 1.165) is 127 Å². The molecule has 124 heavy (non-hydrogen) atoms. The van der Waals surface area contributed by atoms with Crippen molar-refractivity contribution in [2.45, 2.75) is 13.8 Å². The minimum absolute atomic E-state index is 0. The molecule has 7 aromatic heterocycles. The Morgan fingerprint density at radius 3 is 1.07 bits per heavy atom. The summed E-state index contributed by atoms with van der Waals surface area (Å²) >= 11 is 0. The fourth-order valence-electron chi connectivity index (χ4n) is 13.6. The summed E-state index contributed by atoms with van der Waals surface area (Å²) < 4.78 is 13.4. The molecule has 613 valence electrons. The number of hydrogen-bond acceptors (Lipinski definition) is 12. The van der Waals surface area contributed by atoms with Crippen LogP contribution in [0.15, 0.2) is 389 Å². The van der Waals surface area contributed by atoms with Crippen LogP contribution < -0.4 is 0 Å². The smallest absolute Gasteiger partial charge is 0.300 e. The third-order valence-corrected chi connectivity index (χ3v) is 19.3. The molecule has 18 heteroatoms. The largest absolute Gasteiger partial charge is 0.305 e. The number of rotatable bonds is 7. The van der Waals surface area contributed by atoms with Crippen molar-refractivity contribution in [3.63, 3.8) is 0 Å². The minimum Gasteiger partial charge on any atom is -0.305 e. The van der Waals surface area contributed by atoms with Crippen LogP contribution in [0, 0.1) is 62.4 Å². The summed E-state index contributed by atoms with van der Waals surface area (Å²) in [5.74, 6) is 0.712. The molecular formula is C106H70FIr5N12-7. The maximum absolute atomic E-state index is 13.4. The van der Waals surface area contributed by atoms with E-state index in [1.165, 1.54) is 32.5 Å². The number of halogens is 1. The van der Waals surface area contributed by atoms with Crippen LogP contribution in [0.5, 0.6) is 0 Å². The second kappa shape index (κ2) is 45.9. The Morgan fingerprint density at radius 1 is 0.234 bits per heavy atom. The first-order valence-corrected chi connectivity index (χ1v) is 38.5. The second-order valence-electron chi connectivity index (χ2n) is 27.2. The Morgan fingerprint density at radius 2 is 0.605 bits per heavy atom. The molecule has 0 N–H and O–H groups in total. The van der Waals surface area contributed by atoms with Crippen LogP contribution in [0.2, 0.25) is 0 Å². The van der Waals surface area contributed by atoms with Gasteiger partial charge in [-0.25, -0.2) is 19.9 Å². The molecule has 0 aliphatic rings. The Bertz CT molecular complexity index is 6980. The van der Waals surface area contributed by atoms with E-state index in [9.17, 15) is 4.39 Å². The molecule has 0 fully saturated rings. The number of aryl methyl sites for hydroxylation is 2. The molecule has 0 unspecified atom stereocenters. The summed E-state index contributed by atoms with van der Waals surface area (Å²) in [4.78, 5) is 51.6. The van der Waals surface area contributed by atoms with E-state index in [0.29, 0.717) is 17.0 Å². The summed E-state index contributed by atoms with van der Waals surface area (Å²) in [5, 5.41) is 12.3. The molecule has 7 heterocycles. The normalized spacial score (nSPS) is 10.2. The van der Waals surface area contributed by atoms with Gasteiger partial charge in [0.2, 0.25) is 0 Å². The molecule has 0 aliphatic heterocycles. The van der Waals surface area contributed by atoms with Crippen molar-refractivity contribution in [1.29, 1.82) is 0 Å². The van der Waals surface area contributed by atoms with Gasteiger partial charge in [-0.3, -0.25) is 29.9 Å². The van der Waals surface area contributed by atoms with Crippen molar-refractivity contribution < 1.29 is 105 Å². The van der Waals surface area contributed by atoms with Gasteiger partial charge in [0.15, 0.2) is 0 Å². The zero-order valence-corrected chi connectivity index (χ0v) is 78.3. The first-order chi connectivity index (χ1) is 58.8. The van der Waals surface area contributed by atoms with Crippen molar-refractivity contribution in [3.8, 4) is 78.9 Å². The van der Waals surface area contributed by atoms with Gasteiger partial charge in [0.05, 0.1) is 33.4 Å². The predicted molar refractivity (Wildman–Crippen MR) is 478 cm³/mol. The van der Waals surface area contributed by atoms with Crippen LogP contribution >= 0.6 is 0 Å². The van der Waals surface area contributed by atoms with Crippen LogP contribution in [-0.2, 0) is 101 Å². The quantitative estimate of drug-likeness (QED) is 0.0847. The van der Waals surface area contributed by atoms with Gasteiger partial charge in [-0.15, -0.1) is 250 Å². The van der Waals surface area contributed by atoms with Gasteiger partial charge in [-0.1, -0.05) is 178 Å². The maximum Gasteiger partial charge on any atom is 0.300 e. The third-order valence-electron chi connectivity index (χ3n) is 19.3. The number of benzene rings is 15. The van der Waals surface area contributed by atoms with E-state index in [-0.39, 0.29) is 101 Å². The summed E-state index contributed by atoms with van der Waals surface area (Å²) in [6, 6.07) is 138. The first kappa shape index (κ1) is 92.0. The molecular weight excluding hydrogens is 2420 g/mol. The van der Waals surface area contributed by atoms with Gasteiger partial charge < -0.3 is 9.97 Å². The summed E-state index contributed by atoms with van der Waals surface area (Å²) in [6.07, 6.45) is 9.72. The average Bonchev–Trinajstić information content (AvgIpc) is 0.741. The monoisotopic (exact) mass is 2490 g/mol. The van der Waals surface area contributed by atoms with E-state index in [1.807, 2.05) is 292 Å². The SMILES string of the molecule is Cc1cc[c-]c(-c2nc(F)nc3ccccc23)c1.Cc1cc[c-]c(-c2ncnc3ccccc23)c1.[Ir].[Ir].[Ir].[Ir].[Ir].[c-]1ccccc1-c1cc2ccccc2cn1.[c-]1ccccc1-c1ccccn1.[c-]1ccccc1-c1ncc2c3ccccc3c3ccccc3c2n1.[c-]1ccccc1-c1ncnc2ccccc12.[c-]1ccccc1-c1ncnc2ccccc12. The van der Waals surface area contributed by atoms with Crippen molar-refractivity contribution in [3.05, 3.63) is 449 Å². The molecule has 0 saturated heterocycles. The van der Waals surface area contributed by atoms with E-state index < -0.39 is 6.08 Å². The van der Waals surface area contributed by atoms with Crippen LogP contribution in [-0.4, -0.2) is 59.8 Å². The van der Waals surface area contributed by atoms with Crippen LogP contribution in [0.25, 0.3) is 166 Å². The third kappa shape index (κ3) is 22.9. The van der Waals surface area contributed by atoms with Gasteiger partial charge >= 0.3 is 0 Å². The van der Waals surface area contributed by atoms with Gasteiger partial charge in [0.1, 0.15) is 19.0 Å². The molecule has 0 saturated carbocycles. The second-order valence-corrected chi connectivity index (χ2v) is 27.2. The summed E-state index contributed by atoms with van der Waals surface area (Å²) in [5.41, 5.74) is 18.9. The number of para-hydroxylation sites is 4. The Labute approximate surface area is 786 Å². The van der Waals surface area contributed by atoms with E-state index >= 15 is 0 Å². The Hall–Kier alpha value is -12.7. The van der Waals surface area contributed by atoms with E-state index in [2.05, 4.69) is 177 Å². The Kier molecular flexibility index (Phi) is 34.1. The number of nitrogens with zero attached hydrogens (tertiary/aromatic N) is 12. The average molecular weight is 2490 g/mol. The standard InChI is InChI=1S/C22H13N2.C15H10FN2.C15H11N2.C15H10N.2C14H9N2.C11H8N.5Ir/c1-2-8-15(9-3-1)22-23-14-20-18-12-5-4-10-16(18)17-11-6-7-13-19(17)21(20)24-22;1-10-5-4-6-11(9-10)14-12-7-2-3-8-13(12)17-15(16)18-14;1-11-5-4-6-12(9-11)15-13-7-2-3-8-14(13)16-10-17-15;1-2-6-12(7-3-1)15-10-13-8-4-5-9-14(13)11-16-15;2*1-2-6-11(7-3-1)14-12-8-4-5-9-13(12)15-10-16-14;1-2-6-10(7-3-1)11-8-4-5-9-12-11;;;;;/h1-8,10-14H;2-5,7-9H,1H3;2-5,7-10H,1H3;1-6,8-11H;2*1-6,8-10H;1-6,8-9H;;;;;/q7*-1;;;;;. The van der Waals surface area contributed by atoms with E-state index in [1.54, 1.807) is 31.2 Å². The van der Waals surface area contributed by atoms with Crippen molar-refractivity contribution in [1.82, 2.24) is 59.8 Å². The van der Waals surface area contributed by atoms with Gasteiger partial charge in [0, 0.05) is 136 Å². The molecule has 5 radical (unpaired) electrons. The fraction of sp³-hybridized carbons (Fsp3) is 0.0189. The van der Waals surface area contributed by atoms with Crippen molar-refractivity contribution >= 4 is 86.8 Å². The number of hydrogen-bond donors (Lipinski definition) is 0. The van der Waals surface area contributed by atoms with Gasteiger partial charge in [-0.05, 0) is 107 Å². The predicted octanol–water partition coefficient (Wildman–Crippen LogP) is 24.8. The number of fused-ring (bicyclic) bond motifs is 11. The van der Waals surface area contributed by atoms with E-state index in [4.69, 9.17) is 4.98 Å². The Balaban J connectivity index is 0.000000141. The van der Waals surface area contributed by atoms with Crippen molar-refractivity contribution in [2.24, 2.45) is 0 Å². The van der Waals surface area contributed by atoms with Gasteiger partial charge in [-0.2, -0.15) is 4.39 Å². The van der Waals surface area contributed by atoms with Crippen LogP contribution in [0.1, 0.15) is 11.1 Å². The molecule has 0 spiro atoms. The first-order valence-electron chi connectivity index (χ1n) is 38.5. The van der Waals surface area contributed by atoms with Crippen molar-refractivity contribution in [2.75, 3.05) is 0 Å². The topological polar surface area (TPSA) is 155 Å². The molecule has 0 amide bonds. The van der Waals surface area contributed by atoms with Gasteiger partial charge in [0.25, 0.3) is 6.08 Å². The molecule has 0 bridgehead atoms. The molecule has 0 atom stereocenters. The molecule has 12 nitrogen and oxygen atoms in total. The molecule has 22 aromatic rings. The van der Waals surface area contributed by atoms with Crippen LogP contribution in [0.3, 0.4) is 0 Å². The number of aromatic nitrogens is 12. The zero-order chi connectivity index (χ0) is 80.7. The zero-order valence-electron chi connectivity index (χ0n) is 66.4. The molecule has 15 aromatic carbocycles. The fourth-order valence-corrected chi connectivity index (χ4v) is 13.6. The minimum atomic E-state index is -0.710. The van der Waals surface area contributed by atoms with Crippen LogP contribution in [0.4, 0.5) is 4.39 Å².